The van der Waals surface area contributed by atoms with Crippen LogP contribution < -0.4 is 5.43 Å². The summed E-state index contributed by atoms with van der Waals surface area (Å²) < 4.78 is 0. The fourth-order valence-corrected chi connectivity index (χ4v) is 5.08. The van der Waals surface area contributed by atoms with Gasteiger partial charge < -0.3 is 0 Å². The molecule has 1 aliphatic carbocycles. The first-order valence-electron chi connectivity index (χ1n) is 10.0. The molecule has 2 aliphatic rings. The molecule has 1 atom stereocenters. The Hall–Kier alpha value is -3.65. The van der Waals surface area contributed by atoms with Gasteiger partial charge in [-0.3, -0.25) is 5.43 Å². The number of nitrogens with zero attached hydrogens (tertiary/aromatic N) is 1. The van der Waals surface area contributed by atoms with Crippen molar-refractivity contribution in [1.82, 2.24) is 5.43 Å². The van der Waals surface area contributed by atoms with Crippen molar-refractivity contribution in [3.8, 4) is 11.1 Å². The largest absolute Gasteiger partial charge is 0.294 e. The molecule has 1 unspecified atom stereocenters. The summed E-state index contributed by atoms with van der Waals surface area (Å²) in [6.45, 7) is 0. The lowest BCUT2D eigenvalue weighted by Gasteiger charge is -2.34. The maximum Gasteiger partial charge on any atom is 0.118 e. The standard InChI is InChI=1S/C27H20N2/c1-3-11-19(12-4-1)25-26(20-13-5-2-6-14-20)28-29-27(25)23-17-9-7-15-21(23)22-16-8-10-18-24(22)27/h1-18,25,29H. The minimum absolute atomic E-state index is 0.0795. The third-order valence-electron chi connectivity index (χ3n) is 6.26. The van der Waals surface area contributed by atoms with E-state index in [0.717, 1.165) is 11.3 Å². The second-order valence-corrected chi connectivity index (χ2v) is 7.72. The van der Waals surface area contributed by atoms with Crippen LogP contribution in [0.2, 0.25) is 0 Å². The molecule has 138 valence electrons. The van der Waals surface area contributed by atoms with Crippen LogP contribution in [0, 0.1) is 0 Å². The van der Waals surface area contributed by atoms with Crippen LogP contribution in [-0.2, 0) is 5.54 Å². The average Bonchev–Trinajstić information content (AvgIpc) is 3.34. The highest BCUT2D eigenvalue weighted by atomic mass is 15.4. The predicted octanol–water partition coefficient (Wildman–Crippen LogP) is 5.70. The van der Waals surface area contributed by atoms with E-state index in [0.29, 0.717) is 0 Å². The first-order chi connectivity index (χ1) is 14.4. The lowest BCUT2D eigenvalue weighted by Crippen LogP contribution is -2.41. The van der Waals surface area contributed by atoms with Crippen LogP contribution in [-0.4, -0.2) is 5.71 Å². The molecular weight excluding hydrogens is 352 g/mol. The van der Waals surface area contributed by atoms with Gasteiger partial charge in [-0.05, 0) is 33.4 Å². The van der Waals surface area contributed by atoms with Gasteiger partial charge >= 0.3 is 0 Å². The average molecular weight is 372 g/mol. The molecule has 0 fully saturated rings. The molecule has 0 aromatic heterocycles. The number of nitrogens with one attached hydrogen (secondary N) is 1. The number of rotatable bonds is 2. The molecule has 0 saturated heterocycles. The number of benzene rings is 4. The zero-order valence-electron chi connectivity index (χ0n) is 15.9. The molecule has 1 N–H and O–H groups in total. The molecule has 4 aromatic carbocycles. The van der Waals surface area contributed by atoms with Crippen LogP contribution in [0.3, 0.4) is 0 Å². The van der Waals surface area contributed by atoms with E-state index in [-0.39, 0.29) is 5.92 Å². The van der Waals surface area contributed by atoms with Crippen molar-refractivity contribution in [2.24, 2.45) is 5.10 Å². The Morgan fingerprint density at radius 1 is 0.586 bits per heavy atom. The predicted molar refractivity (Wildman–Crippen MR) is 118 cm³/mol. The number of fused-ring (bicyclic) bond motifs is 5. The third-order valence-corrected chi connectivity index (χ3v) is 6.26. The normalized spacial score (nSPS) is 18.1. The van der Waals surface area contributed by atoms with Crippen LogP contribution in [0.5, 0.6) is 0 Å². The van der Waals surface area contributed by atoms with Gasteiger partial charge in [-0.15, -0.1) is 0 Å². The van der Waals surface area contributed by atoms with E-state index in [9.17, 15) is 0 Å². The molecule has 29 heavy (non-hydrogen) atoms. The van der Waals surface area contributed by atoms with E-state index in [4.69, 9.17) is 5.10 Å². The van der Waals surface area contributed by atoms with Crippen molar-refractivity contribution >= 4 is 5.71 Å². The SMILES string of the molecule is c1ccc(C2=NNC3(c4ccccc4-c4ccccc43)C2c2ccccc2)cc1. The van der Waals surface area contributed by atoms with Gasteiger partial charge in [-0.1, -0.05) is 109 Å². The van der Waals surface area contributed by atoms with Gasteiger partial charge in [0.2, 0.25) is 0 Å². The summed E-state index contributed by atoms with van der Waals surface area (Å²) in [5.74, 6) is 0.0795. The van der Waals surface area contributed by atoms with Gasteiger partial charge in [-0.25, -0.2) is 0 Å². The minimum Gasteiger partial charge on any atom is -0.294 e. The van der Waals surface area contributed by atoms with Crippen molar-refractivity contribution in [1.29, 1.82) is 0 Å². The topological polar surface area (TPSA) is 24.4 Å². The van der Waals surface area contributed by atoms with E-state index < -0.39 is 5.54 Å². The molecule has 2 nitrogen and oxygen atoms in total. The number of hydrazone groups is 1. The Balaban J connectivity index is 1.66. The van der Waals surface area contributed by atoms with Gasteiger partial charge in [0.15, 0.2) is 0 Å². The maximum absolute atomic E-state index is 4.96. The van der Waals surface area contributed by atoms with E-state index in [2.05, 4.69) is 115 Å². The highest BCUT2D eigenvalue weighted by Gasteiger charge is 2.54. The van der Waals surface area contributed by atoms with E-state index in [1.54, 1.807) is 0 Å². The van der Waals surface area contributed by atoms with Gasteiger partial charge in [0.25, 0.3) is 0 Å². The highest BCUT2D eigenvalue weighted by Crippen LogP contribution is 2.56. The van der Waals surface area contributed by atoms with Crippen LogP contribution in [0.4, 0.5) is 0 Å². The molecule has 2 heteroatoms. The number of hydrogen-bond donors (Lipinski definition) is 1. The molecule has 0 bridgehead atoms. The Morgan fingerprint density at radius 3 is 1.72 bits per heavy atom. The molecular formula is C27H20N2. The monoisotopic (exact) mass is 372 g/mol. The summed E-state index contributed by atoms with van der Waals surface area (Å²) in [7, 11) is 0. The molecule has 1 spiro atoms. The van der Waals surface area contributed by atoms with Crippen molar-refractivity contribution in [3.05, 3.63) is 131 Å². The van der Waals surface area contributed by atoms with Gasteiger partial charge in [0.1, 0.15) is 5.54 Å². The van der Waals surface area contributed by atoms with Gasteiger partial charge in [0, 0.05) is 0 Å². The Morgan fingerprint density at radius 2 is 1.10 bits per heavy atom. The molecule has 6 rings (SSSR count). The summed E-state index contributed by atoms with van der Waals surface area (Å²) in [5.41, 5.74) is 11.9. The molecule has 0 amide bonds. The summed E-state index contributed by atoms with van der Waals surface area (Å²) in [5, 5.41) is 4.96. The van der Waals surface area contributed by atoms with Crippen molar-refractivity contribution in [2.75, 3.05) is 0 Å². The van der Waals surface area contributed by atoms with Crippen LogP contribution >= 0.6 is 0 Å². The summed E-state index contributed by atoms with van der Waals surface area (Å²) in [6.07, 6.45) is 0. The lowest BCUT2D eigenvalue weighted by atomic mass is 9.71. The molecule has 0 radical (unpaired) electrons. The molecule has 1 aliphatic heterocycles. The zero-order valence-corrected chi connectivity index (χ0v) is 15.9. The maximum atomic E-state index is 4.96. The smallest absolute Gasteiger partial charge is 0.118 e. The lowest BCUT2D eigenvalue weighted by molar-refractivity contribution is 0.431. The second kappa shape index (κ2) is 6.18. The minimum atomic E-state index is -0.403. The molecule has 4 aromatic rings. The first-order valence-corrected chi connectivity index (χ1v) is 10.0. The Labute approximate surface area is 170 Å². The molecule has 1 heterocycles. The fraction of sp³-hybridized carbons (Fsp3) is 0.0741. The third kappa shape index (κ3) is 2.20. The second-order valence-electron chi connectivity index (χ2n) is 7.72. The number of hydrogen-bond acceptors (Lipinski definition) is 2. The van der Waals surface area contributed by atoms with E-state index >= 15 is 0 Å². The van der Waals surface area contributed by atoms with Crippen LogP contribution in [0.15, 0.2) is 114 Å². The Kier molecular flexibility index (Phi) is 3.48. The Bertz CT molecular complexity index is 1180. The summed E-state index contributed by atoms with van der Waals surface area (Å²) in [4.78, 5) is 0. The first kappa shape index (κ1) is 16.3. The summed E-state index contributed by atoms with van der Waals surface area (Å²) in [6, 6.07) is 38.8. The molecule has 0 saturated carbocycles. The van der Waals surface area contributed by atoms with Gasteiger partial charge in [-0.2, -0.15) is 5.10 Å². The van der Waals surface area contributed by atoms with Gasteiger partial charge in [0.05, 0.1) is 11.6 Å². The van der Waals surface area contributed by atoms with E-state index in [1.165, 1.54) is 27.8 Å². The van der Waals surface area contributed by atoms with Crippen molar-refractivity contribution < 1.29 is 0 Å². The summed E-state index contributed by atoms with van der Waals surface area (Å²) >= 11 is 0. The highest BCUT2D eigenvalue weighted by molar-refractivity contribution is 6.08. The zero-order chi connectivity index (χ0) is 19.3. The van der Waals surface area contributed by atoms with Crippen LogP contribution in [0.1, 0.15) is 28.2 Å². The fourth-order valence-electron chi connectivity index (χ4n) is 5.08. The van der Waals surface area contributed by atoms with Crippen molar-refractivity contribution in [3.63, 3.8) is 0 Å². The quantitative estimate of drug-likeness (QED) is 0.479. The van der Waals surface area contributed by atoms with Crippen molar-refractivity contribution in [2.45, 2.75) is 11.5 Å². The van der Waals surface area contributed by atoms with E-state index in [1.807, 2.05) is 0 Å². The van der Waals surface area contributed by atoms with Crippen LogP contribution in [0.25, 0.3) is 11.1 Å².